The van der Waals surface area contributed by atoms with E-state index in [4.69, 9.17) is 4.74 Å². The molecular weight excluding hydrogens is 338 g/mol. The number of amides is 1. The molecule has 0 bridgehead atoms. The van der Waals surface area contributed by atoms with Gasteiger partial charge in [-0.1, -0.05) is 48.5 Å². The van der Waals surface area contributed by atoms with Crippen LogP contribution in [0, 0.1) is 0 Å². The predicted octanol–water partition coefficient (Wildman–Crippen LogP) is 4.04. The van der Waals surface area contributed by atoms with Crippen LogP contribution in [0.2, 0.25) is 0 Å². The number of hydrogen-bond acceptors (Lipinski definition) is 3. The van der Waals surface area contributed by atoms with Gasteiger partial charge in [0, 0.05) is 44.3 Å². The molecule has 140 valence electrons. The summed E-state index contributed by atoms with van der Waals surface area (Å²) in [5.74, 6) is 1.10. The smallest absolute Gasteiger partial charge is 0.223 e. The van der Waals surface area contributed by atoms with Gasteiger partial charge in [0.05, 0.1) is 0 Å². The summed E-state index contributed by atoms with van der Waals surface area (Å²) in [6.07, 6.45) is 4.33. The van der Waals surface area contributed by atoms with E-state index >= 15 is 0 Å². The minimum Gasteiger partial charge on any atom is -0.487 e. The van der Waals surface area contributed by atoms with Gasteiger partial charge in [0.2, 0.25) is 5.91 Å². The number of nitrogens with zero attached hydrogens (tertiary/aromatic N) is 1. The molecule has 0 N–H and O–H groups in total. The fraction of sp³-hybridized carbons (Fsp3) is 0.391. The van der Waals surface area contributed by atoms with Crippen molar-refractivity contribution in [3.63, 3.8) is 0 Å². The molecule has 2 aliphatic heterocycles. The standard InChI is InChI=1S/C23H25NO3/c25-20(18-6-2-1-3-7-18)10-11-22(26)24-16-14-23(15-17-24)13-12-19-8-4-5-9-21(19)27-23/h1-9H,10-17H2. The molecule has 0 unspecified atom stereocenters. The molecule has 2 aromatic rings. The number of carbonyl (C=O) groups is 2. The SMILES string of the molecule is O=C(CCC(=O)N1CCC2(CCc3ccccc3O2)CC1)c1ccccc1. The Morgan fingerprint density at radius 3 is 2.37 bits per heavy atom. The third kappa shape index (κ3) is 3.90. The zero-order valence-corrected chi connectivity index (χ0v) is 15.5. The predicted molar refractivity (Wildman–Crippen MR) is 104 cm³/mol. The quantitative estimate of drug-likeness (QED) is 0.771. The normalized spacial score (nSPS) is 17.9. The van der Waals surface area contributed by atoms with Crippen molar-refractivity contribution in [3.05, 3.63) is 65.7 Å². The van der Waals surface area contributed by atoms with E-state index < -0.39 is 0 Å². The van der Waals surface area contributed by atoms with Gasteiger partial charge >= 0.3 is 0 Å². The third-order valence-electron chi connectivity index (χ3n) is 5.84. The molecule has 0 radical (unpaired) electrons. The molecule has 1 spiro atoms. The minimum absolute atomic E-state index is 0.0321. The van der Waals surface area contributed by atoms with Crippen molar-refractivity contribution in [2.24, 2.45) is 0 Å². The summed E-state index contributed by atoms with van der Waals surface area (Å²) in [4.78, 5) is 26.6. The van der Waals surface area contributed by atoms with Gasteiger partial charge in [0.15, 0.2) is 5.78 Å². The molecule has 1 saturated heterocycles. The largest absolute Gasteiger partial charge is 0.487 e. The van der Waals surface area contributed by atoms with Gasteiger partial charge < -0.3 is 9.64 Å². The molecule has 4 rings (SSSR count). The van der Waals surface area contributed by atoms with Crippen molar-refractivity contribution in [2.45, 2.75) is 44.1 Å². The molecule has 1 fully saturated rings. The number of carbonyl (C=O) groups excluding carboxylic acids is 2. The number of aryl methyl sites for hydroxylation is 1. The van der Waals surface area contributed by atoms with Crippen molar-refractivity contribution in [3.8, 4) is 5.75 Å². The highest BCUT2D eigenvalue weighted by atomic mass is 16.5. The second-order valence-electron chi connectivity index (χ2n) is 7.56. The fourth-order valence-electron chi connectivity index (χ4n) is 4.12. The summed E-state index contributed by atoms with van der Waals surface area (Å²) < 4.78 is 6.35. The van der Waals surface area contributed by atoms with E-state index in [1.807, 2.05) is 35.2 Å². The molecule has 0 aromatic heterocycles. The van der Waals surface area contributed by atoms with Gasteiger partial charge in [0.1, 0.15) is 11.4 Å². The van der Waals surface area contributed by atoms with Crippen LogP contribution < -0.4 is 4.74 Å². The van der Waals surface area contributed by atoms with Crippen molar-refractivity contribution in [1.29, 1.82) is 0 Å². The van der Waals surface area contributed by atoms with Crippen LogP contribution in [0.4, 0.5) is 0 Å². The van der Waals surface area contributed by atoms with Crippen molar-refractivity contribution >= 4 is 11.7 Å². The van der Waals surface area contributed by atoms with E-state index in [1.54, 1.807) is 12.1 Å². The van der Waals surface area contributed by atoms with Gasteiger partial charge in [-0.15, -0.1) is 0 Å². The monoisotopic (exact) mass is 363 g/mol. The summed E-state index contributed by atoms with van der Waals surface area (Å²) in [5.41, 5.74) is 1.82. The molecule has 2 aliphatic rings. The summed E-state index contributed by atoms with van der Waals surface area (Å²) in [7, 11) is 0. The average Bonchev–Trinajstić information content (AvgIpc) is 2.73. The molecule has 0 aliphatic carbocycles. The van der Waals surface area contributed by atoms with Gasteiger partial charge in [-0.25, -0.2) is 0 Å². The van der Waals surface area contributed by atoms with Crippen molar-refractivity contribution in [1.82, 2.24) is 4.90 Å². The first-order valence-electron chi connectivity index (χ1n) is 9.78. The van der Waals surface area contributed by atoms with Crippen LogP contribution in [-0.4, -0.2) is 35.3 Å². The topological polar surface area (TPSA) is 46.6 Å². The molecule has 0 atom stereocenters. The van der Waals surface area contributed by atoms with E-state index in [-0.39, 0.29) is 30.1 Å². The minimum atomic E-state index is -0.134. The number of Topliss-reactive ketones (excluding diaryl/α,β-unsaturated/α-hetero) is 1. The third-order valence-corrected chi connectivity index (χ3v) is 5.84. The number of piperidine rings is 1. The van der Waals surface area contributed by atoms with Gasteiger partial charge in [-0.05, 0) is 24.5 Å². The molecule has 1 amide bonds. The summed E-state index contributed by atoms with van der Waals surface area (Å²) in [6, 6.07) is 17.4. The van der Waals surface area contributed by atoms with Crippen LogP contribution >= 0.6 is 0 Å². The maximum atomic E-state index is 12.5. The van der Waals surface area contributed by atoms with E-state index in [0.29, 0.717) is 18.7 Å². The second kappa shape index (κ2) is 7.55. The molecule has 27 heavy (non-hydrogen) atoms. The average molecular weight is 363 g/mol. The summed E-state index contributed by atoms with van der Waals surface area (Å²) in [6.45, 7) is 1.42. The highest BCUT2D eigenvalue weighted by molar-refractivity contribution is 5.97. The number of hydrogen-bond donors (Lipinski definition) is 0. The van der Waals surface area contributed by atoms with Crippen LogP contribution in [0.5, 0.6) is 5.75 Å². The first-order valence-corrected chi connectivity index (χ1v) is 9.78. The first-order chi connectivity index (χ1) is 13.2. The number of fused-ring (bicyclic) bond motifs is 1. The number of para-hydroxylation sites is 1. The van der Waals surface area contributed by atoms with E-state index in [0.717, 1.165) is 31.4 Å². The Bertz CT molecular complexity index is 823. The number of likely N-dealkylation sites (tertiary alicyclic amines) is 1. The van der Waals surface area contributed by atoms with Crippen LogP contribution in [0.15, 0.2) is 54.6 Å². The van der Waals surface area contributed by atoms with Gasteiger partial charge in [-0.2, -0.15) is 0 Å². The Morgan fingerprint density at radius 1 is 0.889 bits per heavy atom. The fourth-order valence-corrected chi connectivity index (χ4v) is 4.12. The lowest BCUT2D eigenvalue weighted by Crippen LogP contribution is -2.51. The van der Waals surface area contributed by atoms with Gasteiger partial charge in [-0.3, -0.25) is 9.59 Å². The lowest BCUT2D eigenvalue weighted by Gasteiger charge is -2.44. The van der Waals surface area contributed by atoms with Crippen LogP contribution in [-0.2, 0) is 11.2 Å². The zero-order chi connectivity index (χ0) is 18.7. The first kappa shape index (κ1) is 17.8. The van der Waals surface area contributed by atoms with E-state index in [9.17, 15) is 9.59 Å². The molecule has 0 saturated carbocycles. The Balaban J connectivity index is 1.29. The number of ketones is 1. The number of benzene rings is 2. The van der Waals surface area contributed by atoms with Crippen LogP contribution in [0.3, 0.4) is 0 Å². The number of ether oxygens (including phenoxy) is 1. The Hall–Kier alpha value is -2.62. The lowest BCUT2D eigenvalue weighted by molar-refractivity contribution is -0.135. The summed E-state index contributed by atoms with van der Waals surface area (Å²) in [5, 5.41) is 0. The molecular formula is C23H25NO3. The molecule has 2 aromatic carbocycles. The summed E-state index contributed by atoms with van der Waals surface area (Å²) >= 11 is 0. The maximum absolute atomic E-state index is 12.5. The van der Waals surface area contributed by atoms with E-state index in [1.165, 1.54) is 5.56 Å². The van der Waals surface area contributed by atoms with Crippen molar-refractivity contribution in [2.75, 3.05) is 13.1 Å². The molecule has 4 heteroatoms. The Kier molecular flexibility index (Phi) is 4.97. The number of rotatable bonds is 4. The molecule has 2 heterocycles. The maximum Gasteiger partial charge on any atom is 0.223 e. The highest BCUT2D eigenvalue weighted by Crippen LogP contribution is 2.39. The van der Waals surface area contributed by atoms with E-state index in [2.05, 4.69) is 12.1 Å². The Labute approximate surface area is 160 Å². The van der Waals surface area contributed by atoms with Crippen LogP contribution in [0.1, 0.15) is 48.0 Å². The second-order valence-corrected chi connectivity index (χ2v) is 7.56. The molecule has 4 nitrogen and oxygen atoms in total. The lowest BCUT2D eigenvalue weighted by atomic mass is 9.83. The highest BCUT2D eigenvalue weighted by Gasteiger charge is 2.40. The van der Waals surface area contributed by atoms with Crippen LogP contribution in [0.25, 0.3) is 0 Å². The van der Waals surface area contributed by atoms with Crippen molar-refractivity contribution < 1.29 is 14.3 Å². The van der Waals surface area contributed by atoms with Gasteiger partial charge in [0.25, 0.3) is 0 Å². The Morgan fingerprint density at radius 2 is 1.59 bits per heavy atom. The zero-order valence-electron chi connectivity index (χ0n) is 15.5.